The lowest BCUT2D eigenvalue weighted by Gasteiger charge is -2.39. The van der Waals surface area contributed by atoms with Gasteiger partial charge >= 0.3 is 0 Å². The molecule has 260 valence electrons. The number of hydrogen-bond donors (Lipinski definition) is 0. The van der Waals surface area contributed by atoms with Crippen LogP contribution in [0, 0.1) is 11.3 Å². The van der Waals surface area contributed by atoms with Gasteiger partial charge < -0.3 is 0 Å². The van der Waals surface area contributed by atoms with Gasteiger partial charge in [-0.15, -0.1) is 0 Å². The molecule has 9 aromatic rings. The van der Waals surface area contributed by atoms with Gasteiger partial charge in [-0.05, 0) is 79.5 Å². The van der Waals surface area contributed by atoms with Gasteiger partial charge in [0.1, 0.15) is 0 Å². The minimum atomic E-state index is -0.615. The van der Waals surface area contributed by atoms with Crippen LogP contribution >= 0.6 is 11.8 Å². The lowest BCUT2D eigenvalue weighted by molar-refractivity contribution is 0.722. The maximum atomic E-state index is 10.0. The average molecular weight is 731 g/mol. The summed E-state index contributed by atoms with van der Waals surface area (Å²) in [5, 5.41) is 12.2. The van der Waals surface area contributed by atoms with Crippen LogP contribution in [0.25, 0.3) is 67.2 Å². The maximum Gasteiger partial charge on any atom is 0.164 e. The zero-order valence-electron chi connectivity index (χ0n) is 30.0. The van der Waals surface area contributed by atoms with Gasteiger partial charge in [-0.3, -0.25) is 0 Å². The van der Waals surface area contributed by atoms with Crippen molar-refractivity contribution in [2.45, 2.75) is 15.2 Å². The second-order valence-corrected chi connectivity index (χ2v) is 15.3. The molecule has 0 radical (unpaired) electrons. The molecule has 0 N–H and O–H groups in total. The maximum absolute atomic E-state index is 10.0. The van der Waals surface area contributed by atoms with Crippen LogP contribution < -0.4 is 0 Å². The van der Waals surface area contributed by atoms with E-state index in [-0.39, 0.29) is 0 Å². The predicted octanol–water partition coefficient (Wildman–Crippen LogP) is 12.4. The van der Waals surface area contributed by atoms with Crippen LogP contribution in [0.2, 0.25) is 0 Å². The minimum Gasteiger partial charge on any atom is -0.208 e. The number of nitriles is 1. The normalized spacial score (nSPS) is 13.1. The van der Waals surface area contributed by atoms with Crippen molar-refractivity contribution in [2.75, 3.05) is 0 Å². The van der Waals surface area contributed by atoms with E-state index in [9.17, 15) is 5.26 Å². The number of nitrogens with zero attached hydrogens (tertiary/aromatic N) is 4. The van der Waals surface area contributed by atoms with Crippen LogP contribution in [-0.2, 0) is 5.41 Å². The van der Waals surface area contributed by atoms with E-state index in [1.807, 2.05) is 48.2 Å². The molecule has 2 aliphatic rings. The lowest BCUT2D eigenvalue weighted by Crippen LogP contribution is -2.31. The van der Waals surface area contributed by atoms with E-state index in [0.29, 0.717) is 23.0 Å². The fourth-order valence-corrected chi connectivity index (χ4v) is 10.1. The molecule has 4 nitrogen and oxygen atoms in total. The quantitative estimate of drug-likeness (QED) is 0.180. The molecule has 0 saturated heterocycles. The fraction of sp³-hybridized carbons (Fsp3) is 0.0196. The molecule has 0 atom stereocenters. The average Bonchev–Trinajstić information content (AvgIpc) is 3.57. The van der Waals surface area contributed by atoms with Crippen molar-refractivity contribution in [3.05, 3.63) is 210 Å². The summed E-state index contributed by atoms with van der Waals surface area (Å²) in [4.78, 5) is 18.3. The van der Waals surface area contributed by atoms with Gasteiger partial charge in [0, 0.05) is 26.5 Å². The highest BCUT2D eigenvalue weighted by Gasteiger charge is 2.51. The molecule has 0 saturated carbocycles. The van der Waals surface area contributed by atoms with Crippen LogP contribution in [0.3, 0.4) is 0 Å². The van der Waals surface area contributed by atoms with Gasteiger partial charge in [0.2, 0.25) is 0 Å². The molecule has 8 aromatic carbocycles. The first-order chi connectivity index (χ1) is 27.7. The molecule has 1 spiro atoms. The molecular weight excluding hydrogens is 701 g/mol. The second kappa shape index (κ2) is 12.7. The Kier molecular flexibility index (Phi) is 7.35. The molecule has 56 heavy (non-hydrogen) atoms. The molecule has 2 heterocycles. The third-order valence-corrected chi connectivity index (χ3v) is 12.4. The summed E-state index contributed by atoms with van der Waals surface area (Å²) < 4.78 is 0. The number of benzene rings is 8. The van der Waals surface area contributed by atoms with E-state index in [4.69, 9.17) is 15.0 Å². The summed E-state index contributed by atoms with van der Waals surface area (Å²) in [5.41, 5.74) is 12.0. The van der Waals surface area contributed by atoms with Crippen LogP contribution in [0.5, 0.6) is 0 Å². The Morgan fingerprint density at radius 1 is 0.429 bits per heavy atom. The zero-order valence-corrected chi connectivity index (χ0v) is 30.8. The molecule has 5 heteroatoms. The number of aromatic nitrogens is 3. The first-order valence-electron chi connectivity index (χ1n) is 18.7. The Balaban J connectivity index is 1.27. The first-order valence-corrected chi connectivity index (χ1v) is 19.5. The van der Waals surface area contributed by atoms with Crippen molar-refractivity contribution in [2.24, 2.45) is 0 Å². The number of rotatable bonds is 4. The minimum absolute atomic E-state index is 0.606. The Morgan fingerprint density at radius 2 is 0.946 bits per heavy atom. The zero-order chi connectivity index (χ0) is 37.2. The SMILES string of the molecule is N#Cc1cccc(-c2cccc3c2-c2c(-c4nc(-c5ccccc5)nc(-c5cccc6ccccc56)n4)cccc2C32c3ccccc3Sc3ccccc32)c1. The van der Waals surface area contributed by atoms with E-state index in [1.54, 1.807) is 0 Å². The highest BCUT2D eigenvalue weighted by molar-refractivity contribution is 7.99. The lowest BCUT2D eigenvalue weighted by atomic mass is 9.67. The third kappa shape index (κ3) is 4.76. The molecule has 0 amide bonds. The molecule has 11 rings (SSSR count). The van der Waals surface area contributed by atoms with Gasteiger partial charge in [-0.25, -0.2) is 15.0 Å². The number of fused-ring (bicyclic) bond motifs is 10. The molecular formula is C51H30N4S. The summed E-state index contributed by atoms with van der Waals surface area (Å²) in [6, 6.07) is 66.1. The van der Waals surface area contributed by atoms with Crippen LogP contribution in [0.1, 0.15) is 27.8 Å². The first kappa shape index (κ1) is 32.3. The van der Waals surface area contributed by atoms with Gasteiger partial charge in [-0.2, -0.15) is 5.26 Å². The van der Waals surface area contributed by atoms with Crippen molar-refractivity contribution in [1.82, 2.24) is 15.0 Å². The summed E-state index contributed by atoms with van der Waals surface area (Å²) >= 11 is 1.83. The Morgan fingerprint density at radius 3 is 1.70 bits per heavy atom. The summed E-state index contributed by atoms with van der Waals surface area (Å²) in [7, 11) is 0. The highest BCUT2D eigenvalue weighted by atomic mass is 32.2. The molecule has 1 aromatic heterocycles. The molecule has 1 aliphatic heterocycles. The fourth-order valence-electron chi connectivity index (χ4n) is 8.92. The monoisotopic (exact) mass is 730 g/mol. The molecule has 0 unspecified atom stereocenters. The van der Waals surface area contributed by atoms with Crippen molar-refractivity contribution >= 4 is 22.5 Å². The largest absolute Gasteiger partial charge is 0.208 e. The summed E-state index contributed by atoms with van der Waals surface area (Å²) in [6.07, 6.45) is 0. The van der Waals surface area contributed by atoms with E-state index >= 15 is 0 Å². The Labute approximate surface area is 328 Å². The molecule has 1 aliphatic carbocycles. The predicted molar refractivity (Wildman–Crippen MR) is 225 cm³/mol. The van der Waals surface area contributed by atoms with E-state index in [1.165, 1.54) is 32.0 Å². The highest BCUT2D eigenvalue weighted by Crippen LogP contribution is 2.64. The van der Waals surface area contributed by atoms with Gasteiger partial charge in [-0.1, -0.05) is 169 Å². The summed E-state index contributed by atoms with van der Waals surface area (Å²) in [6.45, 7) is 0. The van der Waals surface area contributed by atoms with E-state index in [2.05, 4.69) is 152 Å². The standard InChI is InChI=1S/C51H30N4S/c52-31-32-14-10-19-35(30-32)37-21-12-26-42-46(37)47-39(23-13-27-43(47)51(42)40-24-6-8-28-44(40)56-45-29-9-7-25-41(45)51)50-54-48(34-16-2-1-3-17-34)53-49(55-50)38-22-11-18-33-15-4-5-20-36(33)38/h1-30H. The topological polar surface area (TPSA) is 62.5 Å². The van der Waals surface area contributed by atoms with Crippen LogP contribution in [0.4, 0.5) is 0 Å². The van der Waals surface area contributed by atoms with Crippen molar-refractivity contribution in [1.29, 1.82) is 5.26 Å². The smallest absolute Gasteiger partial charge is 0.164 e. The molecule has 0 fully saturated rings. The van der Waals surface area contributed by atoms with Crippen molar-refractivity contribution in [3.8, 4) is 62.5 Å². The van der Waals surface area contributed by atoms with Gasteiger partial charge in [0.15, 0.2) is 17.5 Å². The van der Waals surface area contributed by atoms with E-state index in [0.717, 1.165) is 49.7 Å². The number of hydrogen-bond acceptors (Lipinski definition) is 5. The molecule has 0 bridgehead atoms. The third-order valence-electron chi connectivity index (χ3n) is 11.2. The van der Waals surface area contributed by atoms with E-state index < -0.39 is 5.41 Å². The van der Waals surface area contributed by atoms with Gasteiger partial charge in [0.05, 0.1) is 17.0 Å². The van der Waals surface area contributed by atoms with Gasteiger partial charge in [0.25, 0.3) is 0 Å². The van der Waals surface area contributed by atoms with Crippen molar-refractivity contribution < 1.29 is 0 Å². The second-order valence-electron chi connectivity index (χ2n) is 14.2. The summed E-state index contributed by atoms with van der Waals surface area (Å²) in [5.74, 6) is 1.84. The Bertz CT molecular complexity index is 3040. The van der Waals surface area contributed by atoms with Crippen LogP contribution in [-0.4, -0.2) is 15.0 Å². The van der Waals surface area contributed by atoms with Crippen LogP contribution in [0.15, 0.2) is 192 Å². The Hall–Kier alpha value is -7.13. The van der Waals surface area contributed by atoms with Crippen molar-refractivity contribution in [3.63, 3.8) is 0 Å².